The predicted molar refractivity (Wildman–Crippen MR) is 96.0 cm³/mol. The van der Waals surface area contributed by atoms with Crippen LogP contribution < -0.4 is 10.6 Å². The zero-order valence-corrected chi connectivity index (χ0v) is 13.1. The summed E-state index contributed by atoms with van der Waals surface area (Å²) >= 11 is 0. The first kappa shape index (κ1) is 14.7. The SMILES string of the molecule is N#Cc1ccc(Nc2nccc(Nc3ccc4occc4c3)n2)cc1. The second-order valence-electron chi connectivity index (χ2n) is 5.38. The molecule has 4 aromatic rings. The molecule has 0 fully saturated rings. The molecular weight excluding hydrogens is 314 g/mol. The topological polar surface area (TPSA) is 86.8 Å². The van der Waals surface area contributed by atoms with E-state index in [9.17, 15) is 0 Å². The van der Waals surface area contributed by atoms with E-state index in [4.69, 9.17) is 9.68 Å². The molecule has 0 aliphatic heterocycles. The van der Waals surface area contributed by atoms with Gasteiger partial charge in [0, 0.05) is 23.0 Å². The van der Waals surface area contributed by atoms with Crippen LogP contribution in [0.3, 0.4) is 0 Å². The van der Waals surface area contributed by atoms with E-state index >= 15 is 0 Å². The molecular formula is C19H13N5O. The van der Waals surface area contributed by atoms with Crippen LogP contribution in [0.15, 0.2) is 71.5 Å². The number of benzene rings is 2. The molecule has 0 saturated carbocycles. The minimum Gasteiger partial charge on any atom is -0.464 e. The van der Waals surface area contributed by atoms with E-state index in [2.05, 4.69) is 26.7 Å². The lowest BCUT2D eigenvalue weighted by Crippen LogP contribution is -2.00. The second-order valence-corrected chi connectivity index (χ2v) is 5.38. The van der Waals surface area contributed by atoms with Gasteiger partial charge >= 0.3 is 0 Å². The maximum Gasteiger partial charge on any atom is 0.229 e. The van der Waals surface area contributed by atoms with Crippen molar-refractivity contribution in [3.8, 4) is 6.07 Å². The van der Waals surface area contributed by atoms with E-state index in [-0.39, 0.29) is 0 Å². The Morgan fingerprint density at radius 2 is 1.76 bits per heavy atom. The minimum absolute atomic E-state index is 0.471. The molecule has 2 aromatic carbocycles. The van der Waals surface area contributed by atoms with E-state index in [0.29, 0.717) is 17.3 Å². The van der Waals surface area contributed by atoms with Crippen molar-refractivity contribution in [2.24, 2.45) is 0 Å². The van der Waals surface area contributed by atoms with Crippen LogP contribution in [0, 0.1) is 11.3 Å². The van der Waals surface area contributed by atoms with Crippen LogP contribution in [0.2, 0.25) is 0 Å². The number of anilines is 4. The third-order valence-corrected chi connectivity index (χ3v) is 3.65. The van der Waals surface area contributed by atoms with Gasteiger partial charge in [0.2, 0.25) is 5.95 Å². The van der Waals surface area contributed by atoms with E-state index in [1.807, 2.05) is 36.4 Å². The number of aromatic nitrogens is 2. The summed E-state index contributed by atoms with van der Waals surface area (Å²) in [5.74, 6) is 1.15. The van der Waals surface area contributed by atoms with Gasteiger partial charge < -0.3 is 15.1 Å². The predicted octanol–water partition coefficient (Wildman–Crippen LogP) is 4.58. The van der Waals surface area contributed by atoms with Crippen molar-refractivity contribution in [1.82, 2.24) is 9.97 Å². The summed E-state index contributed by atoms with van der Waals surface area (Å²) in [5.41, 5.74) is 3.18. The Balaban J connectivity index is 1.53. The summed E-state index contributed by atoms with van der Waals surface area (Å²) < 4.78 is 5.34. The highest BCUT2D eigenvalue weighted by Crippen LogP contribution is 2.23. The fourth-order valence-corrected chi connectivity index (χ4v) is 2.44. The van der Waals surface area contributed by atoms with Crippen molar-refractivity contribution < 1.29 is 4.42 Å². The molecule has 0 aliphatic rings. The quantitative estimate of drug-likeness (QED) is 0.570. The highest BCUT2D eigenvalue weighted by molar-refractivity contribution is 5.82. The molecule has 0 aliphatic carbocycles. The number of furan rings is 1. The van der Waals surface area contributed by atoms with E-state index < -0.39 is 0 Å². The molecule has 6 nitrogen and oxygen atoms in total. The van der Waals surface area contributed by atoms with Crippen molar-refractivity contribution in [1.29, 1.82) is 5.26 Å². The molecule has 0 bridgehead atoms. The lowest BCUT2D eigenvalue weighted by Gasteiger charge is -2.08. The summed E-state index contributed by atoms with van der Waals surface area (Å²) in [5, 5.41) is 16.2. The Labute approximate surface area is 143 Å². The maximum absolute atomic E-state index is 8.84. The van der Waals surface area contributed by atoms with Crippen LogP contribution in [0.25, 0.3) is 11.0 Å². The van der Waals surface area contributed by atoms with Gasteiger partial charge in [-0.1, -0.05) is 0 Å². The van der Waals surface area contributed by atoms with Crippen molar-refractivity contribution in [3.05, 3.63) is 72.6 Å². The van der Waals surface area contributed by atoms with Crippen LogP contribution >= 0.6 is 0 Å². The fourth-order valence-electron chi connectivity index (χ4n) is 2.44. The third kappa shape index (κ3) is 3.26. The lowest BCUT2D eigenvalue weighted by atomic mass is 10.2. The zero-order chi connectivity index (χ0) is 17.1. The highest BCUT2D eigenvalue weighted by atomic mass is 16.3. The smallest absolute Gasteiger partial charge is 0.229 e. The molecule has 2 aromatic heterocycles. The van der Waals surface area contributed by atoms with Gasteiger partial charge in [0.15, 0.2) is 0 Å². The van der Waals surface area contributed by atoms with Crippen LogP contribution in [0.4, 0.5) is 23.1 Å². The fraction of sp³-hybridized carbons (Fsp3) is 0. The summed E-state index contributed by atoms with van der Waals surface area (Å²) in [6.07, 6.45) is 3.34. The summed E-state index contributed by atoms with van der Waals surface area (Å²) in [6, 6.07) is 18.7. The van der Waals surface area contributed by atoms with Crippen molar-refractivity contribution >= 4 is 34.1 Å². The highest BCUT2D eigenvalue weighted by Gasteiger charge is 2.03. The van der Waals surface area contributed by atoms with Gasteiger partial charge in [0.25, 0.3) is 0 Å². The van der Waals surface area contributed by atoms with Crippen LogP contribution in [-0.2, 0) is 0 Å². The molecule has 6 heteroatoms. The van der Waals surface area contributed by atoms with Gasteiger partial charge in [0.05, 0.1) is 17.9 Å². The number of fused-ring (bicyclic) bond motifs is 1. The molecule has 0 amide bonds. The van der Waals surface area contributed by atoms with Gasteiger partial charge in [-0.05, 0) is 54.6 Å². The molecule has 0 saturated heterocycles. The first-order chi connectivity index (χ1) is 12.3. The maximum atomic E-state index is 8.84. The van der Waals surface area contributed by atoms with Crippen molar-refractivity contribution in [3.63, 3.8) is 0 Å². The number of hydrogen-bond donors (Lipinski definition) is 2. The molecule has 4 rings (SSSR count). The molecule has 2 N–H and O–H groups in total. The van der Waals surface area contributed by atoms with E-state index in [1.54, 1.807) is 30.7 Å². The monoisotopic (exact) mass is 327 g/mol. The van der Waals surface area contributed by atoms with E-state index in [0.717, 1.165) is 22.3 Å². The molecule has 25 heavy (non-hydrogen) atoms. The van der Waals surface area contributed by atoms with Crippen LogP contribution in [-0.4, -0.2) is 9.97 Å². The standard InChI is InChI=1S/C19H13N5O/c20-12-13-1-3-15(4-2-13)23-19-21-9-7-18(24-19)22-16-5-6-17-14(11-16)8-10-25-17/h1-11H,(H2,21,22,23,24). The van der Waals surface area contributed by atoms with Crippen LogP contribution in [0.5, 0.6) is 0 Å². The lowest BCUT2D eigenvalue weighted by molar-refractivity contribution is 0.616. The molecule has 0 radical (unpaired) electrons. The van der Waals surface area contributed by atoms with Crippen molar-refractivity contribution in [2.75, 3.05) is 10.6 Å². The Bertz CT molecular complexity index is 1060. The van der Waals surface area contributed by atoms with E-state index in [1.165, 1.54) is 0 Å². The normalized spacial score (nSPS) is 10.4. The second kappa shape index (κ2) is 6.34. The van der Waals surface area contributed by atoms with Gasteiger partial charge in [-0.3, -0.25) is 0 Å². The Morgan fingerprint density at radius 1 is 0.920 bits per heavy atom. The van der Waals surface area contributed by atoms with Crippen molar-refractivity contribution in [2.45, 2.75) is 0 Å². The number of nitrogens with zero attached hydrogens (tertiary/aromatic N) is 3. The summed E-state index contributed by atoms with van der Waals surface area (Å²) in [4.78, 5) is 8.67. The minimum atomic E-state index is 0.471. The first-order valence-corrected chi connectivity index (χ1v) is 7.65. The molecule has 0 atom stereocenters. The van der Waals surface area contributed by atoms with Gasteiger partial charge in [0.1, 0.15) is 11.4 Å². The first-order valence-electron chi connectivity index (χ1n) is 7.65. The largest absolute Gasteiger partial charge is 0.464 e. The molecule has 0 spiro atoms. The van der Waals surface area contributed by atoms with Crippen LogP contribution in [0.1, 0.15) is 5.56 Å². The number of hydrogen-bond acceptors (Lipinski definition) is 6. The number of nitriles is 1. The Hall–Kier alpha value is -3.85. The number of rotatable bonds is 4. The number of nitrogens with one attached hydrogen (secondary N) is 2. The average Bonchev–Trinajstić information content (AvgIpc) is 3.10. The molecule has 120 valence electrons. The third-order valence-electron chi connectivity index (χ3n) is 3.65. The average molecular weight is 327 g/mol. The van der Waals surface area contributed by atoms with Gasteiger partial charge in [-0.15, -0.1) is 0 Å². The van der Waals surface area contributed by atoms with Gasteiger partial charge in [-0.2, -0.15) is 10.2 Å². The zero-order valence-electron chi connectivity index (χ0n) is 13.1. The molecule has 2 heterocycles. The van der Waals surface area contributed by atoms with Gasteiger partial charge in [-0.25, -0.2) is 4.98 Å². The Morgan fingerprint density at radius 3 is 2.60 bits per heavy atom. The summed E-state index contributed by atoms with van der Waals surface area (Å²) in [7, 11) is 0. The molecule has 0 unspecified atom stereocenters. The summed E-state index contributed by atoms with van der Waals surface area (Å²) in [6.45, 7) is 0. The Kier molecular flexibility index (Phi) is 3.73.